The molecule has 3 aromatic rings. The molecule has 0 unspecified atom stereocenters. The van der Waals surface area contributed by atoms with E-state index in [-0.39, 0.29) is 5.91 Å². The molecule has 0 saturated heterocycles. The lowest BCUT2D eigenvalue weighted by molar-refractivity contribution is 0.0951. The Morgan fingerprint density at radius 3 is 2.88 bits per heavy atom. The van der Waals surface area contributed by atoms with Crippen molar-refractivity contribution in [3.63, 3.8) is 0 Å². The zero-order valence-electron chi connectivity index (χ0n) is 13.2. The fourth-order valence-electron chi connectivity index (χ4n) is 3.03. The quantitative estimate of drug-likeness (QED) is 0.692. The van der Waals surface area contributed by atoms with Crippen molar-refractivity contribution in [3.05, 3.63) is 77.1 Å². The molecule has 1 aromatic heterocycles. The summed E-state index contributed by atoms with van der Waals surface area (Å²) in [6.07, 6.45) is 3.52. The third kappa shape index (κ3) is 2.81. The minimum Gasteiger partial charge on any atom is -0.348 e. The van der Waals surface area contributed by atoms with Crippen LogP contribution in [0, 0.1) is 0 Å². The van der Waals surface area contributed by atoms with E-state index in [1.54, 1.807) is 12.4 Å². The van der Waals surface area contributed by atoms with Gasteiger partial charge in [-0.2, -0.15) is 0 Å². The number of aromatic nitrogens is 2. The number of hydrogen-bond acceptors (Lipinski definition) is 3. The summed E-state index contributed by atoms with van der Waals surface area (Å²) in [5.74, 6) is 0.752. The average molecular weight is 318 g/mol. The van der Waals surface area contributed by atoms with Gasteiger partial charge in [-0.25, -0.2) is 4.98 Å². The first kappa shape index (κ1) is 14.7. The monoisotopic (exact) mass is 318 g/mol. The summed E-state index contributed by atoms with van der Waals surface area (Å²) < 4.78 is 0. The van der Waals surface area contributed by atoms with Gasteiger partial charge >= 0.3 is 0 Å². The van der Waals surface area contributed by atoms with Gasteiger partial charge in [-0.15, -0.1) is 0 Å². The molecule has 0 spiro atoms. The molecule has 0 radical (unpaired) electrons. The van der Waals surface area contributed by atoms with Gasteiger partial charge in [0.1, 0.15) is 5.82 Å². The van der Waals surface area contributed by atoms with Crippen molar-refractivity contribution in [2.75, 3.05) is 0 Å². The third-order valence-corrected chi connectivity index (χ3v) is 4.31. The van der Waals surface area contributed by atoms with E-state index in [9.17, 15) is 4.79 Å². The second-order valence-corrected chi connectivity index (χ2v) is 5.86. The zero-order valence-corrected chi connectivity index (χ0v) is 13.2. The molecule has 2 heterocycles. The van der Waals surface area contributed by atoms with E-state index >= 15 is 0 Å². The fraction of sp³-hybridized carbons (Fsp3) is 0.158. The van der Waals surface area contributed by atoms with Crippen LogP contribution in [-0.2, 0) is 19.6 Å². The topological polar surface area (TPSA) is 69.8 Å². The largest absolute Gasteiger partial charge is 0.348 e. The highest BCUT2D eigenvalue weighted by molar-refractivity contribution is 5.94. The number of imidazole rings is 1. The summed E-state index contributed by atoms with van der Waals surface area (Å²) in [7, 11) is 0. The molecule has 0 fully saturated rings. The summed E-state index contributed by atoms with van der Waals surface area (Å²) >= 11 is 0. The Kier molecular flexibility index (Phi) is 3.84. The minimum absolute atomic E-state index is 0.0565. The first-order chi connectivity index (χ1) is 11.8. The molecular formula is C19H18N4O. The highest BCUT2D eigenvalue weighted by Gasteiger charge is 2.14. The highest BCUT2D eigenvalue weighted by atomic mass is 16.1. The van der Waals surface area contributed by atoms with Crippen molar-refractivity contribution in [2.45, 2.75) is 19.6 Å². The van der Waals surface area contributed by atoms with Crippen LogP contribution in [0.4, 0.5) is 0 Å². The zero-order chi connectivity index (χ0) is 16.4. The van der Waals surface area contributed by atoms with E-state index in [0.717, 1.165) is 30.0 Å². The molecule has 4 rings (SSSR count). The number of benzene rings is 2. The Labute approximate surface area is 140 Å². The maximum absolute atomic E-state index is 12.5. The number of fused-ring (bicyclic) bond motifs is 1. The number of carbonyl (C=O) groups excluding carboxylic acids is 1. The normalized spacial score (nSPS) is 12.8. The Morgan fingerprint density at radius 2 is 2.00 bits per heavy atom. The van der Waals surface area contributed by atoms with Crippen molar-refractivity contribution in [1.82, 2.24) is 20.6 Å². The van der Waals surface area contributed by atoms with Crippen molar-refractivity contribution in [2.24, 2.45) is 0 Å². The van der Waals surface area contributed by atoms with Gasteiger partial charge in [0.05, 0.1) is 0 Å². The summed E-state index contributed by atoms with van der Waals surface area (Å²) in [5.41, 5.74) is 5.21. The second-order valence-electron chi connectivity index (χ2n) is 5.86. The Balaban J connectivity index is 1.50. The lowest BCUT2D eigenvalue weighted by Gasteiger charge is -2.10. The standard InChI is InChI=1S/C19H18N4O/c24-19(13-5-6-14-10-20-11-16(14)9-13)23-12-15-3-1-2-4-17(15)18-21-7-8-22-18/h1-9,20H,10-12H2,(H,21,22)(H,23,24). The second kappa shape index (κ2) is 6.29. The molecule has 3 N–H and O–H groups in total. The maximum atomic E-state index is 12.5. The number of H-pyrrole nitrogens is 1. The van der Waals surface area contributed by atoms with E-state index in [1.165, 1.54) is 11.1 Å². The summed E-state index contributed by atoms with van der Waals surface area (Å²) in [5, 5.41) is 6.30. The van der Waals surface area contributed by atoms with Gasteiger partial charge < -0.3 is 15.6 Å². The molecule has 5 nitrogen and oxygen atoms in total. The number of rotatable bonds is 4. The first-order valence-corrected chi connectivity index (χ1v) is 7.99. The molecule has 120 valence electrons. The average Bonchev–Trinajstić information content (AvgIpc) is 3.30. The summed E-state index contributed by atoms with van der Waals surface area (Å²) in [6.45, 7) is 2.18. The molecule has 0 saturated carbocycles. The molecule has 1 aliphatic heterocycles. The minimum atomic E-state index is -0.0565. The molecule has 0 atom stereocenters. The van der Waals surface area contributed by atoms with Gasteiger partial charge in [0.15, 0.2) is 0 Å². The van der Waals surface area contributed by atoms with Crippen molar-refractivity contribution >= 4 is 5.91 Å². The van der Waals surface area contributed by atoms with Crippen LogP contribution in [0.15, 0.2) is 54.9 Å². The van der Waals surface area contributed by atoms with Crippen LogP contribution in [0.1, 0.15) is 27.0 Å². The summed E-state index contributed by atoms with van der Waals surface area (Å²) in [4.78, 5) is 19.9. The molecule has 5 heteroatoms. The molecule has 2 aromatic carbocycles. The van der Waals surface area contributed by atoms with Crippen LogP contribution >= 0.6 is 0 Å². The van der Waals surface area contributed by atoms with Crippen LogP contribution in [-0.4, -0.2) is 15.9 Å². The fourth-order valence-corrected chi connectivity index (χ4v) is 3.03. The molecule has 0 bridgehead atoms. The highest BCUT2D eigenvalue weighted by Crippen LogP contribution is 2.20. The number of nitrogens with zero attached hydrogens (tertiary/aromatic N) is 1. The number of carbonyl (C=O) groups is 1. The van der Waals surface area contributed by atoms with Crippen LogP contribution in [0.25, 0.3) is 11.4 Å². The predicted molar refractivity (Wildman–Crippen MR) is 92.2 cm³/mol. The number of amides is 1. The Hall–Kier alpha value is -2.92. The van der Waals surface area contributed by atoms with Crippen LogP contribution in [0.2, 0.25) is 0 Å². The van der Waals surface area contributed by atoms with Gasteiger partial charge in [0.25, 0.3) is 5.91 Å². The predicted octanol–water partition coefficient (Wildman–Crippen LogP) is 2.61. The molecule has 0 aliphatic carbocycles. The van der Waals surface area contributed by atoms with Gasteiger partial charge in [-0.1, -0.05) is 30.3 Å². The van der Waals surface area contributed by atoms with E-state index in [1.807, 2.05) is 42.5 Å². The van der Waals surface area contributed by atoms with E-state index in [0.29, 0.717) is 12.1 Å². The molecule has 1 amide bonds. The molecular weight excluding hydrogens is 300 g/mol. The summed E-state index contributed by atoms with van der Waals surface area (Å²) in [6, 6.07) is 13.8. The molecule has 24 heavy (non-hydrogen) atoms. The number of aromatic amines is 1. The first-order valence-electron chi connectivity index (χ1n) is 7.99. The van der Waals surface area contributed by atoms with Crippen molar-refractivity contribution in [1.29, 1.82) is 0 Å². The van der Waals surface area contributed by atoms with Gasteiger partial charge in [0, 0.05) is 43.2 Å². The lowest BCUT2D eigenvalue weighted by Crippen LogP contribution is -2.23. The van der Waals surface area contributed by atoms with Gasteiger partial charge in [-0.05, 0) is 28.8 Å². The third-order valence-electron chi connectivity index (χ3n) is 4.31. The molecule has 1 aliphatic rings. The van der Waals surface area contributed by atoms with Gasteiger partial charge in [-0.3, -0.25) is 4.79 Å². The van der Waals surface area contributed by atoms with Gasteiger partial charge in [0.2, 0.25) is 0 Å². The SMILES string of the molecule is O=C(NCc1ccccc1-c1ncc[nH]1)c1ccc2c(c1)CNC2. The maximum Gasteiger partial charge on any atom is 0.251 e. The number of nitrogens with one attached hydrogen (secondary N) is 3. The Morgan fingerprint density at radius 1 is 1.12 bits per heavy atom. The van der Waals surface area contributed by atoms with E-state index in [2.05, 4.69) is 20.6 Å². The smallest absolute Gasteiger partial charge is 0.251 e. The van der Waals surface area contributed by atoms with E-state index < -0.39 is 0 Å². The van der Waals surface area contributed by atoms with Crippen molar-refractivity contribution in [3.8, 4) is 11.4 Å². The number of hydrogen-bond donors (Lipinski definition) is 3. The van der Waals surface area contributed by atoms with Crippen LogP contribution < -0.4 is 10.6 Å². The van der Waals surface area contributed by atoms with Crippen LogP contribution in [0.5, 0.6) is 0 Å². The van der Waals surface area contributed by atoms with E-state index in [4.69, 9.17) is 0 Å². The van der Waals surface area contributed by atoms with Crippen LogP contribution in [0.3, 0.4) is 0 Å². The van der Waals surface area contributed by atoms with Crippen molar-refractivity contribution < 1.29 is 4.79 Å². The lowest BCUT2D eigenvalue weighted by atomic mass is 10.0. The Bertz CT molecular complexity index is 871.